The second-order valence-corrected chi connectivity index (χ2v) is 9.70. The average molecular weight is 438 g/mol. The molecule has 3 rings (SSSR count). The fraction of sp³-hybridized carbons (Fsp3) is 0.389. The quantitative estimate of drug-likeness (QED) is 0.687. The Hall–Kier alpha value is -2.50. The molecule has 0 saturated carbocycles. The Morgan fingerprint density at radius 3 is 2.62 bits per heavy atom. The molecule has 2 N–H and O–H groups in total. The lowest BCUT2D eigenvalue weighted by molar-refractivity contribution is -0.115. The minimum atomic E-state index is -3.57. The normalized spacial score (nSPS) is 14.5. The van der Waals surface area contributed by atoms with Crippen LogP contribution in [0.4, 0.5) is 15.6 Å². The molecular formula is C18H23N5O4S2. The van der Waals surface area contributed by atoms with Gasteiger partial charge in [0.2, 0.25) is 15.9 Å². The SMILES string of the molecule is CC(C)N(C)S(=O)(=O)c1ccc(NC(=O)Cc2csc(N3CCNC3=O)n2)cc1. The molecule has 1 saturated heterocycles. The van der Waals surface area contributed by atoms with E-state index < -0.39 is 10.0 Å². The van der Waals surface area contributed by atoms with E-state index in [1.165, 1.54) is 34.8 Å². The fourth-order valence-corrected chi connectivity index (χ4v) is 4.90. The number of aromatic nitrogens is 1. The lowest BCUT2D eigenvalue weighted by Gasteiger charge is -2.21. The zero-order valence-corrected chi connectivity index (χ0v) is 18.0. The van der Waals surface area contributed by atoms with E-state index >= 15 is 0 Å². The largest absolute Gasteiger partial charge is 0.336 e. The highest BCUT2D eigenvalue weighted by molar-refractivity contribution is 7.89. The van der Waals surface area contributed by atoms with Crippen molar-refractivity contribution in [1.29, 1.82) is 0 Å². The number of sulfonamides is 1. The van der Waals surface area contributed by atoms with Crippen molar-refractivity contribution >= 4 is 44.1 Å². The number of carbonyl (C=O) groups excluding carboxylic acids is 2. The van der Waals surface area contributed by atoms with Crippen molar-refractivity contribution in [3.05, 3.63) is 35.3 Å². The molecular weight excluding hydrogens is 414 g/mol. The number of anilines is 2. The van der Waals surface area contributed by atoms with Crippen LogP contribution in [0.5, 0.6) is 0 Å². The number of nitrogens with zero attached hydrogens (tertiary/aromatic N) is 3. The summed E-state index contributed by atoms with van der Waals surface area (Å²) in [5, 5.41) is 7.75. The van der Waals surface area contributed by atoms with Gasteiger partial charge < -0.3 is 10.6 Å². The molecule has 2 aromatic rings. The summed E-state index contributed by atoms with van der Waals surface area (Å²) in [5.41, 5.74) is 1.07. The predicted molar refractivity (Wildman–Crippen MR) is 112 cm³/mol. The van der Waals surface area contributed by atoms with Crippen molar-refractivity contribution in [3.8, 4) is 0 Å². The van der Waals surface area contributed by atoms with Crippen molar-refractivity contribution in [2.24, 2.45) is 0 Å². The summed E-state index contributed by atoms with van der Waals surface area (Å²) in [7, 11) is -2.04. The molecule has 156 valence electrons. The Morgan fingerprint density at radius 2 is 2.03 bits per heavy atom. The summed E-state index contributed by atoms with van der Waals surface area (Å²) in [5.74, 6) is -0.275. The molecule has 0 radical (unpaired) electrons. The first-order chi connectivity index (χ1) is 13.7. The summed E-state index contributed by atoms with van der Waals surface area (Å²) in [6, 6.07) is 5.70. The molecule has 1 aromatic heterocycles. The number of carbonyl (C=O) groups is 2. The standard InChI is InChI=1S/C18H23N5O4S2/c1-12(2)22(3)29(26,27)15-6-4-13(5-7-15)20-16(24)10-14-11-28-18(21-14)23-9-8-19-17(23)25/h4-7,11-12H,8-10H2,1-3H3,(H,19,25)(H,20,24). The van der Waals surface area contributed by atoms with Gasteiger partial charge in [0.1, 0.15) is 0 Å². The molecule has 0 spiro atoms. The predicted octanol–water partition coefficient (Wildman–Crippen LogP) is 1.88. The van der Waals surface area contributed by atoms with Gasteiger partial charge in [0.15, 0.2) is 5.13 Å². The first kappa shape index (κ1) is 21.2. The zero-order valence-electron chi connectivity index (χ0n) is 16.4. The number of hydrogen-bond donors (Lipinski definition) is 2. The Kier molecular flexibility index (Phi) is 6.20. The number of benzene rings is 1. The third-order valence-corrected chi connectivity index (χ3v) is 7.47. The summed E-state index contributed by atoms with van der Waals surface area (Å²) < 4.78 is 26.3. The van der Waals surface area contributed by atoms with E-state index in [1.54, 1.807) is 36.3 Å². The number of thiazole rings is 1. The Bertz CT molecular complexity index is 1000. The molecule has 1 aliphatic rings. The summed E-state index contributed by atoms with van der Waals surface area (Å²) in [6.07, 6.45) is 0.0576. The highest BCUT2D eigenvalue weighted by atomic mass is 32.2. The summed E-state index contributed by atoms with van der Waals surface area (Å²) in [4.78, 5) is 30.0. The monoisotopic (exact) mass is 437 g/mol. The fourth-order valence-electron chi connectivity index (χ4n) is 2.68. The molecule has 0 bridgehead atoms. The van der Waals surface area contributed by atoms with E-state index in [-0.39, 0.29) is 29.3 Å². The minimum absolute atomic E-state index is 0.0576. The molecule has 1 aromatic carbocycles. The highest BCUT2D eigenvalue weighted by Gasteiger charge is 2.24. The van der Waals surface area contributed by atoms with E-state index in [9.17, 15) is 18.0 Å². The molecule has 3 amide bonds. The van der Waals surface area contributed by atoms with Gasteiger partial charge >= 0.3 is 6.03 Å². The smallest absolute Gasteiger partial charge is 0.323 e. The molecule has 0 unspecified atom stereocenters. The molecule has 9 nitrogen and oxygen atoms in total. The van der Waals surface area contributed by atoms with Crippen molar-refractivity contribution < 1.29 is 18.0 Å². The van der Waals surface area contributed by atoms with Gasteiger partial charge in [0.25, 0.3) is 0 Å². The van der Waals surface area contributed by atoms with Gasteiger partial charge in [0.05, 0.1) is 17.0 Å². The van der Waals surface area contributed by atoms with Crippen LogP contribution in [0.15, 0.2) is 34.5 Å². The molecule has 0 atom stereocenters. The number of rotatable bonds is 7. The third kappa shape index (κ3) is 4.74. The Morgan fingerprint density at radius 1 is 1.34 bits per heavy atom. The number of amides is 3. The van der Waals surface area contributed by atoms with Crippen LogP contribution in [-0.2, 0) is 21.2 Å². The van der Waals surface area contributed by atoms with E-state index in [2.05, 4.69) is 15.6 Å². The molecule has 1 aliphatic heterocycles. The zero-order chi connectivity index (χ0) is 21.2. The van der Waals surface area contributed by atoms with Crippen LogP contribution < -0.4 is 15.5 Å². The van der Waals surface area contributed by atoms with Gasteiger partial charge in [-0.2, -0.15) is 4.31 Å². The van der Waals surface area contributed by atoms with Crippen LogP contribution in [-0.4, -0.2) is 55.8 Å². The first-order valence-electron chi connectivity index (χ1n) is 9.06. The average Bonchev–Trinajstić information content (AvgIpc) is 3.29. The highest BCUT2D eigenvalue weighted by Crippen LogP contribution is 2.23. The summed E-state index contributed by atoms with van der Waals surface area (Å²) >= 11 is 1.31. The molecule has 1 fully saturated rings. The van der Waals surface area contributed by atoms with E-state index in [4.69, 9.17) is 0 Å². The Balaban J connectivity index is 1.61. The molecule has 2 heterocycles. The van der Waals surface area contributed by atoms with Crippen LogP contribution in [0.3, 0.4) is 0 Å². The molecule has 11 heteroatoms. The summed E-state index contributed by atoms with van der Waals surface area (Å²) in [6.45, 7) is 4.73. The topological polar surface area (TPSA) is 112 Å². The van der Waals surface area contributed by atoms with Gasteiger partial charge in [-0.3, -0.25) is 9.69 Å². The number of urea groups is 1. The van der Waals surface area contributed by atoms with Gasteiger partial charge in [-0.05, 0) is 38.1 Å². The van der Waals surface area contributed by atoms with Crippen LogP contribution in [0.1, 0.15) is 19.5 Å². The first-order valence-corrected chi connectivity index (χ1v) is 11.4. The maximum Gasteiger partial charge on any atom is 0.323 e. The lowest BCUT2D eigenvalue weighted by atomic mass is 10.3. The third-order valence-electron chi connectivity index (χ3n) is 4.51. The van der Waals surface area contributed by atoms with Gasteiger partial charge in [-0.25, -0.2) is 18.2 Å². The second kappa shape index (κ2) is 8.47. The van der Waals surface area contributed by atoms with E-state index in [1.807, 2.05) is 0 Å². The Labute approximate surface area is 173 Å². The molecule has 0 aliphatic carbocycles. The van der Waals surface area contributed by atoms with Crippen LogP contribution in [0, 0.1) is 0 Å². The maximum absolute atomic E-state index is 12.5. The van der Waals surface area contributed by atoms with Crippen LogP contribution in [0.25, 0.3) is 0 Å². The number of hydrogen-bond acceptors (Lipinski definition) is 6. The van der Waals surface area contributed by atoms with Gasteiger partial charge in [-0.15, -0.1) is 11.3 Å². The van der Waals surface area contributed by atoms with E-state index in [0.29, 0.717) is 29.6 Å². The second-order valence-electron chi connectivity index (χ2n) is 6.87. The maximum atomic E-state index is 12.5. The van der Waals surface area contributed by atoms with Crippen molar-refractivity contribution in [2.45, 2.75) is 31.2 Å². The van der Waals surface area contributed by atoms with Crippen molar-refractivity contribution in [1.82, 2.24) is 14.6 Å². The number of nitrogens with one attached hydrogen (secondary N) is 2. The minimum Gasteiger partial charge on any atom is -0.336 e. The van der Waals surface area contributed by atoms with Crippen LogP contribution in [0.2, 0.25) is 0 Å². The van der Waals surface area contributed by atoms with Crippen LogP contribution >= 0.6 is 11.3 Å². The van der Waals surface area contributed by atoms with Gasteiger partial charge in [0, 0.05) is 37.2 Å². The van der Waals surface area contributed by atoms with E-state index in [0.717, 1.165) is 0 Å². The molecule has 29 heavy (non-hydrogen) atoms. The van der Waals surface area contributed by atoms with Gasteiger partial charge in [-0.1, -0.05) is 0 Å². The van der Waals surface area contributed by atoms with Crippen molar-refractivity contribution in [3.63, 3.8) is 0 Å². The van der Waals surface area contributed by atoms with Crippen molar-refractivity contribution in [2.75, 3.05) is 30.4 Å². The lowest BCUT2D eigenvalue weighted by Crippen LogP contribution is -2.33.